The van der Waals surface area contributed by atoms with Crippen molar-refractivity contribution in [1.29, 1.82) is 0 Å². The number of phenolic OH excluding ortho intramolecular Hbond substituents is 1. The molecule has 0 atom stereocenters. The third-order valence-corrected chi connectivity index (χ3v) is 2.80. The molecule has 0 spiro atoms. The Labute approximate surface area is 98.1 Å². The molecule has 0 amide bonds. The van der Waals surface area contributed by atoms with Crippen LogP contribution in [-0.2, 0) is 0 Å². The molecule has 2 aromatic carbocycles. The van der Waals surface area contributed by atoms with E-state index >= 15 is 0 Å². The Bertz CT molecular complexity index is 688. The largest absolute Gasteiger partial charge is 0.505 e. The summed E-state index contributed by atoms with van der Waals surface area (Å²) >= 11 is 0. The molecule has 0 bridgehead atoms. The molecule has 3 rings (SSSR count). The van der Waals surface area contributed by atoms with Crippen LogP contribution in [0.1, 0.15) is 5.56 Å². The Kier molecular flexibility index (Phi) is 2.08. The summed E-state index contributed by atoms with van der Waals surface area (Å²) in [7, 11) is 0. The summed E-state index contributed by atoms with van der Waals surface area (Å²) in [5.41, 5.74) is 3.17. The van der Waals surface area contributed by atoms with Crippen LogP contribution in [0.2, 0.25) is 0 Å². The number of aryl methyl sites for hydroxylation is 1. The lowest BCUT2D eigenvalue weighted by atomic mass is 10.2. The second-order valence-electron chi connectivity index (χ2n) is 3.93. The van der Waals surface area contributed by atoms with Gasteiger partial charge in [-0.2, -0.15) is 0 Å². The molecule has 1 heterocycles. The van der Waals surface area contributed by atoms with Gasteiger partial charge in [0, 0.05) is 0 Å². The van der Waals surface area contributed by atoms with Gasteiger partial charge in [-0.1, -0.05) is 29.5 Å². The predicted octanol–water partition coefficient (Wildman–Crippen LogP) is 2.43. The topological polar surface area (TPSA) is 50.9 Å². The molecule has 4 nitrogen and oxygen atoms in total. The van der Waals surface area contributed by atoms with Gasteiger partial charge in [0.2, 0.25) is 0 Å². The van der Waals surface area contributed by atoms with Crippen molar-refractivity contribution in [3.63, 3.8) is 0 Å². The number of aromatic nitrogens is 3. The molecular weight excluding hydrogens is 214 g/mol. The summed E-state index contributed by atoms with van der Waals surface area (Å²) in [6, 6.07) is 13.2. The quantitative estimate of drug-likeness (QED) is 0.692. The van der Waals surface area contributed by atoms with E-state index in [9.17, 15) is 5.11 Å². The Morgan fingerprint density at radius 1 is 1.06 bits per heavy atom. The van der Waals surface area contributed by atoms with Gasteiger partial charge in [0.15, 0.2) is 0 Å². The maximum absolute atomic E-state index is 10.0. The van der Waals surface area contributed by atoms with Crippen LogP contribution in [0.15, 0.2) is 42.5 Å². The van der Waals surface area contributed by atoms with E-state index in [2.05, 4.69) is 10.3 Å². The van der Waals surface area contributed by atoms with Crippen molar-refractivity contribution in [1.82, 2.24) is 15.0 Å². The van der Waals surface area contributed by atoms with Crippen molar-refractivity contribution in [2.24, 2.45) is 0 Å². The van der Waals surface area contributed by atoms with Crippen LogP contribution in [0.25, 0.3) is 16.7 Å². The molecule has 0 aliphatic rings. The fourth-order valence-electron chi connectivity index (χ4n) is 1.86. The number of nitrogens with zero attached hydrogens (tertiary/aromatic N) is 3. The van der Waals surface area contributed by atoms with Gasteiger partial charge in [-0.3, -0.25) is 0 Å². The zero-order valence-electron chi connectivity index (χ0n) is 9.33. The van der Waals surface area contributed by atoms with E-state index in [1.807, 2.05) is 49.4 Å². The van der Waals surface area contributed by atoms with Crippen LogP contribution in [0.4, 0.5) is 0 Å². The second kappa shape index (κ2) is 3.59. The summed E-state index contributed by atoms with van der Waals surface area (Å²) < 4.78 is 1.65. The third kappa shape index (κ3) is 1.45. The first kappa shape index (κ1) is 9.84. The summed E-state index contributed by atoms with van der Waals surface area (Å²) in [5, 5.41) is 18.2. The highest BCUT2D eigenvalue weighted by molar-refractivity contribution is 5.76. The van der Waals surface area contributed by atoms with Crippen molar-refractivity contribution in [3.05, 3.63) is 48.0 Å². The van der Waals surface area contributed by atoms with E-state index in [4.69, 9.17) is 0 Å². The maximum atomic E-state index is 10.0. The van der Waals surface area contributed by atoms with Crippen molar-refractivity contribution in [3.8, 4) is 11.4 Å². The molecule has 3 aromatic rings. The standard InChI is InChI=1S/C13H11N3O/c1-9-5-4-8-12(13(9)17)16-11-7-3-2-6-10(11)14-15-16/h2-8,17H,1H3. The highest BCUT2D eigenvalue weighted by Crippen LogP contribution is 2.26. The Hall–Kier alpha value is -2.36. The zero-order valence-corrected chi connectivity index (χ0v) is 9.33. The fraction of sp³-hybridized carbons (Fsp3) is 0.0769. The third-order valence-electron chi connectivity index (χ3n) is 2.80. The van der Waals surface area contributed by atoms with Crippen molar-refractivity contribution >= 4 is 11.0 Å². The average Bonchev–Trinajstić information content (AvgIpc) is 2.77. The molecular formula is C13H11N3O. The monoisotopic (exact) mass is 225 g/mol. The molecule has 0 saturated carbocycles. The summed E-state index contributed by atoms with van der Waals surface area (Å²) in [6.45, 7) is 1.86. The molecule has 0 radical (unpaired) electrons. The molecule has 0 unspecified atom stereocenters. The van der Waals surface area contributed by atoms with Gasteiger partial charge in [0.1, 0.15) is 17.0 Å². The van der Waals surface area contributed by atoms with Gasteiger partial charge in [-0.05, 0) is 30.7 Å². The minimum Gasteiger partial charge on any atom is -0.505 e. The van der Waals surface area contributed by atoms with Gasteiger partial charge in [0.25, 0.3) is 0 Å². The lowest BCUT2D eigenvalue weighted by molar-refractivity contribution is 0.466. The molecule has 0 saturated heterocycles. The van der Waals surface area contributed by atoms with Gasteiger partial charge < -0.3 is 5.11 Å². The number of fused-ring (bicyclic) bond motifs is 1. The first-order valence-electron chi connectivity index (χ1n) is 5.37. The van der Waals surface area contributed by atoms with E-state index < -0.39 is 0 Å². The van der Waals surface area contributed by atoms with Gasteiger partial charge >= 0.3 is 0 Å². The number of rotatable bonds is 1. The molecule has 0 aliphatic heterocycles. The van der Waals surface area contributed by atoms with Crippen LogP contribution in [-0.4, -0.2) is 20.1 Å². The van der Waals surface area contributed by atoms with Gasteiger partial charge in [0.05, 0.1) is 5.52 Å². The molecule has 84 valence electrons. The second-order valence-corrected chi connectivity index (χ2v) is 3.93. The van der Waals surface area contributed by atoms with Crippen molar-refractivity contribution in [2.45, 2.75) is 6.92 Å². The van der Waals surface area contributed by atoms with Crippen LogP contribution in [0, 0.1) is 6.92 Å². The number of benzene rings is 2. The van der Waals surface area contributed by atoms with Gasteiger partial charge in [-0.25, -0.2) is 4.68 Å². The molecule has 17 heavy (non-hydrogen) atoms. The van der Waals surface area contributed by atoms with Crippen molar-refractivity contribution < 1.29 is 5.11 Å². The zero-order chi connectivity index (χ0) is 11.8. The van der Waals surface area contributed by atoms with E-state index in [1.165, 1.54) is 0 Å². The van der Waals surface area contributed by atoms with Crippen LogP contribution in [0.5, 0.6) is 5.75 Å². The Morgan fingerprint density at radius 3 is 2.76 bits per heavy atom. The summed E-state index contributed by atoms with van der Waals surface area (Å²) in [6.07, 6.45) is 0. The van der Waals surface area contributed by atoms with Gasteiger partial charge in [-0.15, -0.1) is 5.10 Å². The molecule has 0 aliphatic carbocycles. The van der Waals surface area contributed by atoms with E-state index in [0.29, 0.717) is 5.69 Å². The van der Waals surface area contributed by atoms with E-state index in [0.717, 1.165) is 16.6 Å². The minimum atomic E-state index is 0.239. The average molecular weight is 225 g/mol. The Balaban J connectivity index is 2.31. The number of para-hydroxylation sites is 2. The predicted molar refractivity (Wildman–Crippen MR) is 65.3 cm³/mol. The summed E-state index contributed by atoms with van der Waals surface area (Å²) in [4.78, 5) is 0. The maximum Gasteiger partial charge on any atom is 0.144 e. The van der Waals surface area contributed by atoms with Crippen LogP contribution in [0.3, 0.4) is 0 Å². The number of phenols is 1. The Morgan fingerprint density at radius 2 is 1.88 bits per heavy atom. The highest BCUT2D eigenvalue weighted by atomic mass is 16.3. The fourth-order valence-corrected chi connectivity index (χ4v) is 1.86. The van der Waals surface area contributed by atoms with E-state index in [-0.39, 0.29) is 5.75 Å². The van der Waals surface area contributed by atoms with Crippen molar-refractivity contribution in [2.75, 3.05) is 0 Å². The number of aromatic hydroxyl groups is 1. The minimum absolute atomic E-state index is 0.239. The lowest BCUT2D eigenvalue weighted by Crippen LogP contribution is -1.97. The summed E-state index contributed by atoms with van der Waals surface area (Å²) in [5.74, 6) is 0.239. The molecule has 1 aromatic heterocycles. The smallest absolute Gasteiger partial charge is 0.144 e. The van der Waals surface area contributed by atoms with Crippen LogP contribution >= 0.6 is 0 Å². The number of hydrogen-bond donors (Lipinski definition) is 1. The molecule has 0 fully saturated rings. The first-order chi connectivity index (χ1) is 8.27. The highest BCUT2D eigenvalue weighted by Gasteiger charge is 2.10. The van der Waals surface area contributed by atoms with E-state index in [1.54, 1.807) is 4.68 Å². The van der Waals surface area contributed by atoms with Crippen LogP contribution < -0.4 is 0 Å². The first-order valence-corrected chi connectivity index (χ1v) is 5.37. The SMILES string of the molecule is Cc1cccc(-n2nnc3ccccc32)c1O. The molecule has 4 heteroatoms. The number of hydrogen-bond acceptors (Lipinski definition) is 3. The molecule has 1 N–H and O–H groups in total. The lowest BCUT2D eigenvalue weighted by Gasteiger charge is -2.06. The normalized spacial score (nSPS) is 10.9.